The van der Waals surface area contributed by atoms with E-state index in [2.05, 4.69) is 20.4 Å². The molecule has 3 aromatic heterocycles. The van der Waals surface area contributed by atoms with E-state index >= 15 is 0 Å². The maximum atomic E-state index is 13.2. The van der Waals surface area contributed by atoms with Gasteiger partial charge in [-0.3, -0.25) is 9.78 Å². The molecule has 0 unspecified atom stereocenters. The molecule has 0 aliphatic rings. The molecule has 11 heteroatoms. The van der Waals surface area contributed by atoms with Crippen molar-refractivity contribution in [3.8, 4) is 5.69 Å². The van der Waals surface area contributed by atoms with Crippen molar-refractivity contribution in [1.82, 2.24) is 25.1 Å². The summed E-state index contributed by atoms with van der Waals surface area (Å²) in [5.41, 5.74) is 2.06. The highest BCUT2D eigenvalue weighted by atomic mass is 32.2. The minimum absolute atomic E-state index is 0.0758. The molecule has 0 fully saturated rings. The second-order valence-corrected chi connectivity index (χ2v) is 9.29. The Kier molecular flexibility index (Phi) is 6.43. The van der Waals surface area contributed by atoms with E-state index in [-0.39, 0.29) is 36.2 Å². The number of carbonyl (C=O) groups excluding carboxylic acids is 1. The Morgan fingerprint density at radius 3 is 2.67 bits per heavy atom. The van der Waals surface area contributed by atoms with Crippen molar-refractivity contribution in [2.24, 2.45) is 0 Å². The van der Waals surface area contributed by atoms with Gasteiger partial charge in [0.25, 0.3) is 5.91 Å². The number of aliphatic hydroxyl groups is 1. The van der Waals surface area contributed by atoms with E-state index in [4.69, 9.17) is 5.11 Å². The Morgan fingerprint density at radius 1 is 1.12 bits per heavy atom. The number of aromatic nitrogens is 4. The molecular weight excluding hydrogens is 449 g/mol. The highest BCUT2D eigenvalue weighted by Crippen LogP contribution is 2.21. The van der Waals surface area contributed by atoms with Crippen molar-refractivity contribution in [3.05, 3.63) is 78.1 Å². The molecule has 33 heavy (non-hydrogen) atoms. The zero-order valence-electron chi connectivity index (χ0n) is 17.3. The first kappa shape index (κ1) is 22.5. The van der Waals surface area contributed by atoms with Gasteiger partial charge in [-0.1, -0.05) is 0 Å². The van der Waals surface area contributed by atoms with Crippen molar-refractivity contribution < 1.29 is 22.7 Å². The monoisotopic (exact) mass is 469 g/mol. The number of pyridine rings is 2. The van der Waals surface area contributed by atoms with Crippen molar-refractivity contribution in [2.75, 3.05) is 12.4 Å². The van der Waals surface area contributed by atoms with Gasteiger partial charge in [-0.05, 0) is 48.4 Å². The molecule has 9 nitrogen and oxygen atoms in total. The van der Waals surface area contributed by atoms with Gasteiger partial charge in [0.15, 0.2) is 14.9 Å². The molecule has 0 radical (unpaired) electrons. The zero-order chi connectivity index (χ0) is 23.4. The Labute approximate surface area is 188 Å². The summed E-state index contributed by atoms with van der Waals surface area (Å²) in [4.78, 5) is 20.9. The average Bonchev–Trinajstić information content (AvgIpc) is 3.26. The number of fused-ring (bicyclic) bond motifs is 1. The van der Waals surface area contributed by atoms with E-state index in [1.807, 2.05) is 0 Å². The zero-order valence-corrected chi connectivity index (χ0v) is 18.2. The fourth-order valence-electron chi connectivity index (χ4n) is 3.28. The summed E-state index contributed by atoms with van der Waals surface area (Å²) >= 11 is 0. The lowest BCUT2D eigenvalue weighted by Crippen LogP contribution is -2.23. The summed E-state index contributed by atoms with van der Waals surface area (Å²) in [6, 6.07) is 8.79. The van der Waals surface area contributed by atoms with Crippen LogP contribution in [-0.4, -0.2) is 51.5 Å². The number of hydrogen-bond donors (Lipinski definition) is 2. The predicted molar refractivity (Wildman–Crippen MR) is 118 cm³/mol. The average molecular weight is 469 g/mol. The fourth-order valence-corrected chi connectivity index (χ4v) is 4.55. The minimum Gasteiger partial charge on any atom is -0.396 e. The molecule has 0 bridgehead atoms. The van der Waals surface area contributed by atoms with E-state index in [9.17, 15) is 17.6 Å². The lowest BCUT2D eigenvalue weighted by atomic mass is 10.1. The quantitative estimate of drug-likeness (QED) is 0.404. The standard InChI is InChI=1S/C22H20FN5O4S/c23-16-2-4-17(5-3-16)28-20-14-24-12-19(18(20)13-27-28)22(30)26-11-15-6-7-25-21(10-15)33(31,32)9-1-8-29/h2-7,10,12-14,29H,1,8-9,11H2,(H,26,30). The van der Waals surface area contributed by atoms with Gasteiger partial charge >= 0.3 is 0 Å². The third-order valence-electron chi connectivity index (χ3n) is 4.96. The Hall–Kier alpha value is -3.70. The Balaban J connectivity index is 1.53. The number of nitrogens with zero attached hydrogens (tertiary/aromatic N) is 4. The third-order valence-corrected chi connectivity index (χ3v) is 6.64. The molecule has 0 atom stereocenters. The first-order valence-corrected chi connectivity index (χ1v) is 11.7. The van der Waals surface area contributed by atoms with Crippen LogP contribution in [0.4, 0.5) is 4.39 Å². The molecule has 3 heterocycles. The number of aliphatic hydroxyl groups excluding tert-OH is 1. The van der Waals surface area contributed by atoms with Crippen LogP contribution in [0.1, 0.15) is 22.3 Å². The number of carbonyl (C=O) groups is 1. The number of nitrogens with one attached hydrogen (secondary N) is 1. The highest BCUT2D eigenvalue weighted by molar-refractivity contribution is 7.91. The van der Waals surface area contributed by atoms with Crippen LogP contribution < -0.4 is 5.32 Å². The first-order valence-electron chi connectivity index (χ1n) is 10.0. The van der Waals surface area contributed by atoms with Gasteiger partial charge < -0.3 is 10.4 Å². The van der Waals surface area contributed by atoms with E-state index in [0.29, 0.717) is 27.7 Å². The number of rotatable bonds is 8. The summed E-state index contributed by atoms with van der Waals surface area (Å²) in [5, 5.41) is 16.4. The summed E-state index contributed by atoms with van der Waals surface area (Å²) in [6.45, 7) is -0.154. The van der Waals surface area contributed by atoms with Crippen molar-refractivity contribution in [2.45, 2.75) is 18.0 Å². The number of sulfone groups is 1. The molecule has 170 valence electrons. The number of amides is 1. The van der Waals surface area contributed by atoms with Gasteiger partial charge in [0.2, 0.25) is 0 Å². The first-order chi connectivity index (χ1) is 15.9. The van der Waals surface area contributed by atoms with Gasteiger partial charge in [0.1, 0.15) is 5.82 Å². The van der Waals surface area contributed by atoms with Crippen molar-refractivity contribution >= 4 is 26.6 Å². The summed E-state index contributed by atoms with van der Waals surface area (Å²) in [5.74, 6) is -0.986. The number of hydrogen-bond acceptors (Lipinski definition) is 7. The second kappa shape index (κ2) is 9.43. The molecule has 4 aromatic rings. The van der Waals surface area contributed by atoms with E-state index in [1.54, 1.807) is 29.1 Å². The fraction of sp³-hybridized carbons (Fsp3) is 0.182. The summed E-state index contributed by atoms with van der Waals surface area (Å²) in [7, 11) is -3.62. The summed E-state index contributed by atoms with van der Waals surface area (Å²) in [6.07, 6.45) is 6.00. The molecule has 2 N–H and O–H groups in total. The van der Waals surface area contributed by atoms with Gasteiger partial charge in [-0.2, -0.15) is 5.10 Å². The smallest absolute Gasteiger partial charge is 0.253 e. The lowest BCUT2D eigenvalue weighted by Gasteiger charge is -2.08. The van der Waals surface area contributed by atoms with E-state index in [0.717, 1.165) is 0 Å². The van der Waals surface area contributed by atoms with Crippen LogP contribution in [0.15, 0.2) is 66.2 Å². The molecule has 4 rings (SSSR count). The van der Waals surface area contributed by atoms with Crippen LogP contribution in [0.25, 0.3) is 16.6 Å². The molecule has 1 aromatic carbocycles. The van der Waals surface area contributed by atoms with Crippen molar-refractivity contribution in [1.29, 1.82) is 0 Å². The minimum atomic E-state index is -3.62. The molecule has 0 aliphatic carbocycles. The van der Waals surface area contributed by atoms with Gasteiger partial charge in [-0.15, -0.1) is 0 Å². The van der Waals surface area contributed by atoms with Crippen LogP contribution in [-0.2, 0) is 16.4 Å². The Morgan fingerprint density at radius 2 is 1.91 bits per heavy atom. The van der Waals surface area contributed by atoms with Crippen LogP contribution in [0, 0.1) is 5.82 Å². The Bertz CT molecular complexity index is 1400. The topological polar surface area (TPSA) is 127 Å². The number of halogens is 1. The molecule has 0 spiro atoms. The second-order valence-electron chi connectivity index (χ2n) is 7.23. The maximum absolute atomic E-state index is 13.2. The van der Waals surface area contributed by atoms with Gasteiger partial charge in [0, 0.05) is 30.9 Å². The molecule has 1 amide bonds. The molecule has 0 saturated carbocycles. The lowest BCUT2D eigenvalue weighted by molar-refractivity contribution is 0.0952. The SMILES string of the molecule is O=C(NCc1ccnc(S(=O)(=O)CCCO)c1)c1cncc2c1cnn2-c1ccc(F)cc1. The largest absolute Gasteiger partial charge is 0.396 e. The number of benzene rings is 1. The van der Waals surface area contributed by atoms with E-state index in [1.165, 1.54) is 36.8 Å². The van der Waals surface area contributed by atoms with Crippen LogP contribution in [0.5, 0.6) is 0 Å². The maximum Gasteiger partial charge on any atom is 0.253 e. The van der Waals surface area contributed by atoms with Gasteiger partial charge in [0.05, 0.1) is 34.9 Å². The third kappa shape index (κ3) is 4.89. The molecular formula is C22H20FN5O4S. The molecule has 0 aliphatic heterocycles. The van der Waals surface area contributed by atoms with Crippen LogP contribution >= 0.6 is 0 Å². The van der Waals surface area contributed by atoms with Gasteiger partial charge in [-0.25, -0.2) is 22.5 Å². The molecule has 0 saturated heterocycles. The van der Waals surface area contributed by atoms with Crippen LogP contribution in [0.2, 0.25) is 0 Å². The van der Waals surface area contributed by atoms with Crippen molar-refractivity contribution in [3.63, 3.8) is 0 Å². The van der Waals surface area contributed by atoms with E-state index < -0.39 is 15.7 Å². The normalized spacial score (nSPS) is 11.6. The highest BCUT2D eigenvalue weighted by Gasteiger charge is 2.17. The summed E-state index contributed by atoms with van der Waals surface area (Å²) < 4.78 is 39.4. The van der Waals surface area contributed by atoms with Crippen LogP contribution in [0.3, 0.4) is 0 Å². The predicted octanol–water partition coefficient (Wildman–Crippen LogP) is 2.04.